The molecule has 31 heavy (non-hydrogen) atoms. The Balaban J connectivity index is 1.48. The van der Waals surface area contributed by atoms with E-state index in [1.165, 1.54) is 5.56 Å². The first kappa shape index (κ1) is 22.6. The molecule has 0 spiro atoms. The number of rotatable bonds is 11. The SMILES string of the molecule is CCNC(=NCc1nccn1CCCc1ccccc1)NCCC(O)c1ccccc1. The zero-order valence-electron chi connectivity index (χ0n) is 18.2. The number of aliphatic imine (C=N–C) groups is 1. The fraction of sp³-hybridized carbons (Fsp3) is 0.360. The Kier molecular flexibility index (Phi) is 9.13. The second-order valence-electron chi connectivity index (χ2n) is 7.46. The zero-order valence-corrected chi connectivity index (χ0v) is 18.2. The van der Waals surface area contributed by atoms with E-state index in [2.05, 4.69) is 49.4 Å². The summed E-state index contributed by atoms with van der Waals surface area (Å²) in [5.41, 5.74) is 2.29. The van der Waals surface area contributed by atoms with Crippen molar-refractivity contribution >= 4 is 5.96 Å². The van der Waals surface area contributed by atoms with Gasteiger partial charge in [-0.1, -0.05) is 60.7 Å². The van der Waals surface area contributed by atoms with Gasteiger partial charge >= 0.3 is 0 Å². The number of aliphatic hydroxyl groups excluding tert-OH is 1. The van der Waals surface area contributed by atoms with Gasteiger partial charge in [0.25, 0.3) is 0 Å². The lowest BCUT2D eigenvalue weighted by atomic mass is 10.1. The van der Waals surface area contributed by atoms with Gasteiger partial charge in [-0.2, -0.15) is 0 Å². The van der Waals surface area contributed by atoms with Gasteiger partial charge in [0.2, 0.25) is 0 Å². The molecule has 0 saturated heterocycles. The van der Waals surface area contributed by atoms with E-state index < -0.39 is 6.10 Å². The van der Waals surface area contributed by atoms with Crippen molar-refractivity contribution in [2.45, 2.75) is 45.4 Å². The van der Waals surface area contributed by atoms with Crippen LogP contribution < -0.4 is 10.6 Å². The van der Waals surface area contributed by atoms with Gasteiger partial charge in [0, 0.05) is 32.0 Å². The maximum Gasteiger partial charge on any atom is 0.191 e. The van der Waals surface area contributed by atoms with Crippen LogP contribution in [0, 0.1) is 0 Å². The molecule has 3 aromatic rings. The second kappa shape index (κ2) is 12.5. The van der Waals surface area contributed by atoms with Crippen molar-refractivity contribution in [1.29, 1.82) is 0 Å². The summed E-state index contributed by atoms with van der Waals surface area (Å²) in [5.74, 6) is 1.69. The maximum atomic E-state index is 10.3. The molecule has 6 heteroatoms. The lowest BCUT2D eigenvalue weighted by Gasteiger charge is -2.14. The van der Waals surface area contributed by atoms with E-state index in [1.54, 1.807) is 0 Å². The van der Waals surface area contributed by atoms with Gasteiger partial charge < -0.3 is 20.3 Å². The first-order valence-electron chi connectivity index (χ1n) is 11.1. The Morgan fingerprint density at radius 3 is 2.55 bits per heavy atom. The van der Waals surface area contributed by atoms with Crippen LogP contribution in [-0.4, -0.2) is 33.7 Å². The largest absolute Gasteiger partial charge is 0.388 e. The van der Waals surface area contributed by atoms with Gasteiger partial charge in [-0.25, -0.2) is 9.98 Å². The predicted octanol–water partition coefficient (Wildman–Crippen LogP) is 3.69. The number of guanidine groups is 1. The highest BCUT2D eigenvalue weighted by molar-refractivity contribution is 5.79. The van der Waals surface area contributed by atoms with Gasteiger partial charge in [-0.05, 0) is 37.3 Å². The molecule has 0 radical (unpaired) electrons. The average molecular weight is 420 g/mol. The molecular weight excluding hydrogens is 386 g/mol. The Hall–Kier alpha value is -3.12. The summed E-state index contributed by atoms with van der Waals surface area (Å²) in [6.07, 6.45) is 6.10. The van der Waals surface area contributed by atoms with Crippen molar-refractivity contribution in [3.63, 3.8) is 0 Å². The number of hydrogen-bond acceptors (Lipinski definition) is 3. The number of imidazole rings is 1. The van der Waals surface area contributed by atoms with Crippen LogP contribution in [0.25, 0.3) is 0 Å². The molecule has 0 bridgehead atoms. The fourth-order valence-electron chi connectivity index (χ4n) is 3.45. The smallest absolute Gasteiger partial charge is 0.191 e. The maximum absolute atomic E-state index is 10.3. The molecule has 2 aromatic carbocycles. The van der Waals surface area contributed by atoms with E-state index in [9.17, 15) is 5.11 Å². The molecule has 0 aliphatic heterocycles. The minimum absolute atomic E-state index is 0.486. The van der Waals surface area contributed by atoms with Crippen LogP contribution in [0.5, 0.6) is 0 Å². The first-order valence-corrected chi connectivity index (χ1v) is 11.1. The third-order valence-electron chi connectivity index (χ3n) is 5.13. The molecule has 3 N–H and O–H groups in total. The summed E-state index contributed by atoms with van der Waals surface area (Å²) in [7, 11) is 0. The van der Waals surface area contributed by atoms with E-state index >= 15 is 0 Å². The van der Waals surface area contributed by atoms with Gasteiger partial charge in [0.1, 0.15) is 12.4 Å². The number of nitrogens with zero attached hydrogens (tertiary/aromatic N) is 3. The van der Waals surface area contributed by atoms with E-state index in [4.69, 9.17) is 0 Å². The average Bonchev–Trinajstić information content (AvgIpc) is 3.26. The second-order valence-corrected chi connectivity index (χ2v) is 7.46. The summed E-state index contributed by atoms with van der Waals surface area (Å²) in [5, 5.41) is 16.9. The minimum Gasteiger partial charge on any atom is -0.388 e. The Morgan fingerprint density at radius 2 is 1.81 bits per heavy atom. The fourth-order valence-corrected chi connectivity index (χ4v) is 3.45. The number of nitrogens with one attached hydrogen (secondary N) is 2. The van der Waals surface area contributed by atoms with Crippen LogP contribution in [0.4, 0.5) is 0 Å². The summed E-state index contributed by atoms with van der Waals surface area (Å²) in [6.45, 7) is 4.88. The van der Waals surface area contributed by atoms with E-state index in [0.717, 1.165) is 43.3 Å². The Morgan fingerprint density at radius 1 is 1.06 bits per heavy atom. The zero-order chi connectivity index (χ0) is 21.7. The van der Waals surface area contributed by atoms with Gasteiger partial charge in [-0.15, -0.1) is 0 Å². The predicted molar refractivity (Wildman–Crippen MR) is 126 cm³/mol. The molecule has 0 aliphatic carbocycles. The highest BCUT2D eigenvalue weighted by Gasteiger charge is 2.08. The summed E-state index contributed by atoms with van der Waals surface area (Å²) >= 11 is 0. The minimum atomic E-state index is -0.486. The van der Waals surface area contributed by atoms with Crippen LogP contribution in [0.15, 0.2) is 78.0 Å². The van der Waals surface area contributed by atoms with Crippen molar-refractivity contribution in [3.05, 3.63) is 90.0 Å². The van der Waals surface area contributed by atoms with Crippen molar-refractivity contribution in [2.75, 3.05) is 13.1 Å². The van der Waals surface area contributed by atoms with E-state index in [-0.39, 0.29) is 0 Å². The van der Waals surface area contributed by atoms with E-state index in [1.807, 2.05) is 55.7 Å². The van der Waals surface area contributed by atoms with Crippen LogP contribution in [0.3, 0.4) is 0 Å². The first-order chi connectivity index (χ1) is 15.3. The van der Waals surface area contributed by atoms with Crippen molar-refractivity contribution in [1.82, 2.24) is 20.2 Å². The standard InChI is InChI=1S/C25H33N5O/c1-2-26-25(28-16-15-23(31)22-13-7-4-8-14-22)29-20-24-27-17-19-30(24)18-9-12-21-10-5-3-6-11-21/h3-8,10-11,13-14,17,19,23,31H,2,9,12,15-16,18,20H2,1H3,(H2,26,28,29). The normalized spacial score (nSPS) is 12.5. The molecule has 164 valence electrons. The number of aromatic nitrogens is 2. The van der Waals surface area contributed by atoms with Crippen LogP contribution >= 0.6 is 0 Å². The van der Waals surface area contributed by atoms with Gasteiger partial charge in [0.05, 0.1) is 6.10 Å². The summed E-state index contributed by atoms with van der Waals surface area (Å²) in [6, 6.07) is 20.3. The quantitative estimate of drug-likeness (QED) is 0.327. The number of hydrogen-bond donors (Lipinski definition) is 3. The lowest BCUT2D eigenvalue weighted by Crippen LogP contribution is -2.38. The molecule has 0 amide bonds. The Bertz CT molecular complexity index is 908. The summed E-state index contributed by atoms with van der Waals surface area (Å²) in [4.78, 5) is 9.16. The number of aryl methyl sites for hydroxylation is 2. The highest BCUT2D eigenvalue weighted by Crippen LogP contribution is 2.14. The topological polar surface area (TPSA) is 74.5 Å². The molecule has 0 fully saturated rings. The van der Waals surface area contributed by atoms with Crippen molar-refractivity contribution < 1.29 is 5.11 Å². The third kappa shape index (κ3) is 7.57. The third-order valence-corrected chi connectivity index (χ3v) is 5.13. The number of aliphatic hydroxyl groups is 1. The monoisotopic (exact) mass is 419 g/mol. The van der Waals surface area contributed by atoms with Crippen LogP contribution in [-0.2, 0) is 19.5 Å². The molecule has 0 aliphatic rings. The molecule has 1 heterocycles. The van der Waals surface area contributed by atoms with Crippen molar-refractivity contribution in [3.8, 4) is 0 Å². The molecule has 0 saturated carbocycles. The molecule has 3 rings (SSSR count). The molecule has 1 unspecified atom stereocenters. The molecule has 1 aromatic heterocycles. The van der Waals surface area contributed by atoms with E-state index in [0.29, 0.717) is 19.5 Å². The Labute approximate surface area is 185 Å². The molecular formula is C25H33N5O. The molecule has 1 atom stereocenters. The highest BCUT2D eigenvalue weighted by atomic mass is 16.3. The van der Waals surface area contributed by atoms with Crippen LogP contribution in [0.2, 0.25) is 0 Å². The molecule has 6 nitrogen and oxygen atoms in total. The summed E-state index contributed by atoms with van der Waals surface area (Å²) < 4.78 is 2.18. The van der Waals surface area contributed by atoms with Gasteiger partial charge in [0.15, 0.2) is 5.96 Å². The number of benzene rings is 2. The van der Waals surface area contributed by atoms with Crippen LogP contribution in [0.1, 0.15) is 42.8 Å². The van der Waals surface area contributed by atoms with Gasteiger partial charge in [-0.3, -0.25) is 0 Å². The lowest BCUT2D eigenvalue weighted by molar-refractivity contribution is 0.168. The van der Waals surface area contributed by atoms with Crippen molar-refractivity contribution in [2.24, 2.45) is 4.99 Å².